The number of nitrogens with zero attached hydrogens (tertiary/aromatic N) is 2. The van der Waals surface area contributed by atoms with E-state index >= 15 is 0 Å². The third-order valence-electron chi connectivity index (χ3n) is 2.16. The minimum Gasteiger partial charge on any atom is -0.368 e. The third-order valence-corrected chi connectivity index (χ3v) is 2.16. The van der Waals surface area contributed by atoms with Gasteiger partial charge in [0.25, 0.3) is 0 Å². The van der Waals surface area contributed by atoms with Crippen molar-refractivity contribution in [1.82, 2.24) is 9.55 Å². The fourth-order valence-corrected chi connectivity index (χ4v) is 1.25. The molecule has 1 atom stereocenters. The van der Waals surface area contributed by atoms with Gasteiger partial charge in [0.2, 0.25) is 5.91 Å². The average Bonchev–Trinajstić information content (AvgIpc) is 2.48. The largest absolute Gasteiger partial charge is 0.368 e. The monoisotopic (exact) mass is 196 g/mol. The summed E-state index contributed by atoms with van der Waals surface area (Å²) in [7, 11) is 0. The van der Waals surface area contributed by atoms with Crippen LogP contribution < -0.4 is 11.5 Å². The number of carbonyl (C=O) groups is 1. The predicted molar refractivity (Wildman–Crippen MR) is 53.3 cm³/mol. The number of primary amides is 1. The summed E-state index contributed by atoms with van der Waals surface area (Å²) >= 11 is 0. The van der Waals surface area contributed by atoms with Crippen LogP contribution in [0.3, 0.4) is 0 Å². The Bertz CT molecular complexity index is 337. The number of aromatic nitrogens is 2. The van der Waals surface area contributed by atoms with Gasteiger partial charge >= 0.3 is 0 Å². The first kappa shape index (κ1) is 10.7. The fraction of sp³-hybridized carbons (Fsp3) is 0.556. The van der Waals surface area contributed by atoms with E-state index in [0.717, 1.165) is 5.69 Å². The van der Waals surface area contributed by atoms with E-state index in [1.165, 1.54) is 0 Å². The highest BCUT2D eigenvalue weighted by Gasteiger charge is 2.23. The first-order valence-electron chi connectivity index (χ1n) is 4.44. The van der Waals surface area contributed by atoms with E-state index in [9.17, 15) is 4.79 Å². The topological polar surface area (TPSA) is 86.9 Å². The summed E-state index contributed by atoms with van der Waals surface area (Å²) < 4.78 is 1.70. The summed E-state index contributed by atoms with van der Waals surface area (Å²) in [6.07, 6.45) is 3.22. The van der Waals surface area contributed by atoms with Crippen molar-refractivity contribution in [2.24, 2.45) is 11.5 Å². The van der Waals surface area contributed by atoms with Crippen LogP contribution in [0.4, 0.5) is 0 Å². The van der Waals surface area contributed by atoms with Crippen LogP contribution in [0.15, 0.2) is 12.5 Å². The van der Waals surface area contributed by atoms with Crippen LogP contribution in [-0.2, 0) is 10.3 Å². The Labute approximate surface area is 83.1 Å². The van der Waals surface area contributed by atoms with Gasteiger partial charge in [-0.2, -0.15) is 0 Å². The van der Waals surface area contributed by atoms with Crippen LogP contribution in [0.25, 0.3) is 0 Å². The van der Waals surface area contributed by atoms with Crippen molar-refractivity contribution in [3.05, 3.63) is 18.2 Å². The maximum atomic E-state index is 11.0. The maximum absolute atomic E-state index is 11.0. The van der Waals surface area contributed by atoms with E-state index in [1.807, 2.05) is 13.8 Å². The van der Waals surface area contributed by atoms with Crippen molar-refractivity contribution in [1.29, 1.82) is 0 Å². The zero-order valence-corrected chi connectivity index (χ0v) is 8.69. The fourth-order valence-electron chi connectivity index (χ4n) is 1.25. The molecular weight excluding hydrogens is 180 g/mol. The normalized spacial score (nSPS) is 14.0. The van der Waals surface area contributed by atoms with Gasteiger partial charge in [-0.05, 0) is 20.8 Å². The zero-order chi connectivity index (χ0) is 10.9. The molecule has 1 heterocycles. The summed E-state index contributed by atoms with van der Waals surface area (Å²) in [5.41, 5.74) is 11.4. The molecule has 78 valence electrons. The zero-order valence-electron chi connectivity index (χ0n) is 8.69. The molecule has 1 rings (SSSR count). The van der Waals surface area contributed by atoms with Gasteiger partial charge < -0.3 is 16.0 Å². The molecule has 0 bridgehead atoms. The molecule has 5 nitrogen and oxygen atoms in total. The summed E-state index contributed by atoms with van der Waals surface area (Å²) in [4.78, 5) is 15.0. The highest BCUT2D eigenvalue weighted by molar-refractivity contribution is 5.78. The molecule has 0 radical (unpaired) electrons. The standard InChI is InChI=1S/C9H16N4O/c1-6(8(10)14)13-5-12-4-7(13)9(2,3)11/h4-6H,11H2,1-3H3,(H2,10,14). The lowest BCUT2D eigenvalue weighted by Crippen LogP contribution is -2.34. The molecule has 0 aliphatic rings. The van der Waals surface area contributed by atoms with Crippen molar-refractivity contribution >= 4 is 5.91 Å². The van der Waals surface area contributed by atoms with Crippen LogP contribution in [-0.4, -0.2) is 15.5 Å². The van der Waals surface area contributed by atoms with Crippen molar-refractivity contribution in [3.63, 3.8) is 0 Å². The van der Waals surface area contributed by atoms with E-state index < -0.39 is 17.5 Å². The van der Waals surface area contributed by atoms with Gasteiger partial charge in [0.15, 0.2) is 0 Å². The summed E-state index contributed by atoms with van der Waals surface area (Å²) in [6, 6.07) is -0.421. The molecule has 0 saturated carbocycles. The molecule has 0 aliphatic carbocycles. The van der Waals surface area contributed by atoms with Crippen LogP contribution in [0.1, 0.15) is 32.5 Å². The van der Waals surface area contributed by atoms with Crippen molar-refractivity contribution in [2.45, 2.75) is 32.4 Å². The minimum absolute atomic E-state index is 0.395. The Kier molecular flexibility index (Phi) is 2.62. The molecule has 0 fully saturated rings. The second-order valence-corrected chi connectivity index (χ2v) is 3.99. The van der Waals surface area contributed by atoms with Crippen LogP contribution >= 0.6 is 0 Å². The smallest absolute Gasteiger partial charge is 0.240 e. The van der Waals surface area contributed by atoms with Crippen molar-refractivity contribution in [3.8, 4) is 0 Å². The third kappa shape index (κ3) is 1.93. The van der Waals surface area contributed by atoms with Gasteiger partial charge in [0, 0.05) is 0 Å². The highest BCUT2D eigenvalue weighted by Crippen LogP contribution is 2.19. The van der Waals surface area contributed by atoms with E-state index in [-0.39, 0.29) is 0 Å². The van der Waals surface area contributed by atoms with Gasteiger partial charge in [-0.1, -0.05) is 0 Å². The molecule has 14 heavy (non-hydrogen) atoms. The molecule has 1 aromatic heterocycles. The summed E-state index contributed by atoms with van der Waals surface area (Å²) in [5, 5.41) is 0. The van der Waals surface area contributed by atoms with Crippen molar-refractivity contribution in [2.75, 3.05) is 0 Å². The van der Waals surface area contributed by atoms with Gasteiger partial charge in [-0.25, -0.2) is 4.98 Å². The average molecular weight is 196 g/mol. The Hall–Kier alpha value is -1.36. The number of rotatable bonds is 3. The molecule has 4 N–H and O–H groups in total. The molecule has 5 heteroatoms. The quantitative estimate of drug-likeness (QED) is 0.720. The van der Waals surface area contributed by atoms with Gasteiger partial charge in [-0.15, -0.1) is 0 Å². The number of hydrogen-bond donors (Lipinski definition) is 2. The Morgan fingerprint density at radius 2 is 2.21 bits per heavy atom. The number of nitrogens with two attached hydrogens (primary N) is 2. The van der Waals surface area contributed by atoms with Gasteiger partial charge in [0.05, 0.1) is 23.8 Å². The molecule has 1 aromatic rings. The van der Waals surface area contributed by atoms with Gasteiger partial charge in [0.1, 0.15) is 6.04 Å². The van der Waals surface area contributed by atoms with Crippen molar-refractivity contribution < 1.29 is 4.79 Å². The number of imidazole rings is 1. The van der Waals surface area contributed by atoms with Gasteiger partial charge in [-0.3, -0.25) is 4.79 Å². The van der Waals surface area contributed by atoms with Crippen LogP contribution in [0.5, 0.6) is 0 Å². The molecule has 1 amide bonds. The molecule has 1 unspecified atom stereocenters. The lowest BCUT2D eigenvalue weighted by molar-refractivity contribution is -0.120. The lowest BCUT2D eigenvalue weighted by atomic mass is 10.0. The molecule has 0 saturated heterocycles. The minimum atomic E-state index is -0.528. The number of amides is 1. The molecule has 0 aromatic carbocycles. The molecular formula is C9H16N4O. The SMILES string of the molecule is CC(C(N)=O)n1cncc1C(C)(C)N. The molecule has 0 aliphatic heterocycles. The van der Waals surface area contributed by atoms with E-state index in [1.54, 1.807) is 24.0 Å². The van der Waals surface area contributed by atoms with E-state index in [2.05, 4.69) is 4.98 Å². The summed E-state index contributed by atoms with van der Waals surface area (Å²) in [5.74, 6) is -0.395. The predicted octanol–water partition coefficient (Wildman–Crippen LogP) is 0.123. The lowest BCUT2D eigenvalue weighted by Gasteiger charge is -2.22. The second kappa shape index (κ2) is 3.42. The second-order valence-electron chi connectivity index (χ2n) is 3.99. The Balaban J connectivity index is 3.11. The Morgan fingerprint density at radius 3 is 2.64 bits per heavy atom. The first-order chi connectivity index (χ1) is 6.34. The number of hydrogen-bond acceptors (Lipinski definition) is 3. The Morgan fingerprint density at radius 1 is 1.64 bits per heavy atom. The van der Waals surface area contributed by atoms with E-state index in [0.29, 0.717) is 0 Å². The highest BCUT2D eigenvalue weighted by atomic mass is 16.1. The molecule has 0 spiro atoms. The maximum Gasteiger partial charge on any atom is 0.240 e. The summed E-state index contributed by atoms with van der Waals surface area (Å²) in [6.45, 7) is 5.43. The van der Waals surface area contributed by atoms with Crippen LogP contribution in [0.2, 0.25) is 0 Å². The van der Waals surface area contributed by atoms with E-state index in [4.69, 9.17) is 11.5 Å². The van der Waals surface area contributed by atoms with Crippen LogP contribution in [0, 0.1) is 0 Å². The number of carbonyl (C=O) groups excluding carboxylic acids is 1. The first-order valence-corrected chi connectivity index (χ1v) is 4.44.